The van der Waals surface area contributed by atoms with Crippen molar-refractivity contribution >= 4 is 17.0 Å². The fraction of sp³-hybridized carbons (Fsp3) is 0.364. The van der Waals surface area contributed by atoms with Crippen molar-refractivity contribution in [1.82, 2.24) is 0 Å². The Kier molecular flexibility index (Phi) is 3.53. The van der Waals surface area contributed by atoms with E-state index in [0.29, 0.717) is 11.7 Å². The van der Waals surface area contributed by atoms with E-state index in [-0.39, 0.29) is 0 Å². The Morgan fingerprint density at radius 1 is 1.36 bits per heavy atom. The zero-order valence-corrected chi connectivity index (χ0v) is 9.26. The van der Waals surface area contributed by atoms with Gasteiger partial charge in [-0.25, -0.2) is 4.79 Å². The average Bonchev–Trinajstić information content (AvgIpc) is 2.01. The van der Waals surface area contributed by atoms with Crippen LogP contribution in [0.15, 0.2) is 18.2 Å². The maximum Gasteiger partial charge on any atom is 0.409 e. The molecule has 0 heterocycles. The van der Waals surface area contributed by atoms with E-state index in [1.165, 1.54) is 0 Å². The number of halogens is 1. The number of hydrogen-bond donors (Lipinski definition) is 0. The van der Waals surface area contributed by atoms with Crippen LogP contribution < -0.4 is 4.74 Å². The molecular formula is C11H13ClO2. The Morgan fingerprint density at radius 3 is 2.50 bits per heavy atom. The Hall–Kier alpha value is -1.02. The van der Waals surface area contributed by atoms with Crippen LogP contribution >= 0.6 is 11.6 Å². The van der Waals surface area contributed by atoms with Gasteiger partial charge in [-0.3, -0.25) is 0 Å². The predicted molar refractivity (Wildman–Crippen MR) is 57.1 cm³/mol. The number of carbonyl (C=O) groups is 1. The molecule has 0 spiro atoms. The molecule has 0 aliphatic heterocycles. The molecule has 0 aliphatic rings. The van der Waals surface area contributed by atoms with Crippen molar-refractivity contribution < 1.29 is 9.53 Å². The summed E-state index contributed by atoms with van der Waals surface area (Å²) in [5.41, 5.74) is 1.40. The molecule has 2 nitrogen and oxygen atoms in total. The first kappa shape index (κ1) is 11.1. The molecule has 0 amide bonds. The third-order valence-electron chi connectivity index (χ3n) is 1.94. The molecule has 0 aliphatic carbocycles. The second-order valence-corrected chi connectivity index (χ2v) is 3.88. The molecule has 1 rings (SSSR count). The molecule has 0 atom stereocenters. The van der Waals surface area contributed by atoms with Crippen molar-refractivity contribution in [2.75, 3.05) is 0 Å². The van der Waals surface area contributed by atoms with Crippen LogP contribution in [-0.2, 0) is 0 Å². The highest BCUT2D eigenvalue weighted by Crippen LogP contribution is 2.23. The van der Waals surface area contributed by atoms with E-state index in [4.69, 9.17) is 16.3 Å². The van der Waals surface area contributed by atoms with E-state index >= 15 is 0 Å². The number of carbonyl (C=O) groups excluding carboxylic acids is 1. The summed E-state index contributed by atoms with van der Waals surface area (Å²) in [5, 5.41) is 0. The second kappa shape index (κ2) is 4.47. The lowest BCUT2D eigenvalue weighted by Gasteiger charge is -2.09. The van der Waals surface area contributed by atoms with Gasteiger partial charge in [-0.05, 0) is 36.1 Å². The molecule has 0 bridgehead atoms. The SMILES string of the molecule is Cc1cc(OC(=O)Cl)cc(C(C)C)c1. The third kappa shape index (κ3) is 3.04. The molecular weight excluding hydrogens is 200 g/mol. The third-order valence-corrected chi connectivity index (χ3v) is 2.02. The Balaban J connectivity index is 3.01. The van der Waals surface area contributed by atoms with Crippen LogP contribution in [0.3, 0.4) is 0 Å². The van der Waals surface area contributed by atoms with Crippen LogP contribution in [0.4, 0.5) is 4.79 Å². The van der Waals surface area contributed by atoms with Crippen molar-refractivity contribution in [1.29, 1.82) is 0 Å². The molecule has 0 radical (unpaired) electrons. The van der Waals surface area contributed by atoms with Crippen LogP contribution in [0.25, 0.3) is 0 Å². The zero-order chi connectivity index (χ0) is 10.7. The molecule has 0 N–H and O–H groups in total. The Bertz CT molecular complexity index is 345. The van der Waals surface area contributed by atoms with Crippen LogP contribution in [0.1, 0.15) is 30.9 Å². The Labute approximate surface area is 88.8 Å². The summed E-state index contributed by atoms with van der Waals surface area (Å²) in [6, 6.07) is 5.68. The van der Waals surface area contributed by atoms with Gasteiger partial charge in [0, 0.05) is 11.6 Å². The fourth-order valence-electron chi connectivity index (χ4n) is 1.26. The maximum atomic E-state index is 10.5. The molecule has 0 saturated heterocycles. The summed E-state index contributed by atoms with van der Waals surface area (Å²) >= 11 is 5.14. The van der Waals surface area contributed by atoms with Gasteiger partial charge in [0.25, 0.3) is 0 Å². The van der Waals surface area contributed by atoms with Crippen molar-refractivity contribution in [3.8, 4) is 5.75 Å². The lowest BCUT2D eigenvalue weighted by atomic mass is 10.0. The van der Waals surface area contributed by atoms with Crippen molar-refractivity contribution in [3.63, 3.8) is 0 Å². The van der Waals surface area contributed by atoms with Gasteiger partial charge in [-0.2, -0.15) is 0 Å². The molecule has 0 aromatic heterocycles. The van der Waals surface area contributed by atoms with Gasteiger partial charge in [-0.15, -0.1) is 0 Å². The van der Waals surface area contributed by atoms with Crippen molar-refractivity contribution in [2.24, 2.45) is 0 Å². The van der Waals surface area contributed by atoms with Gasteiger partial charge in [0.1, 0.15) is 5.75 Å². The summed E-state index contributed by atoms with van der Waals surface area (Å²) in [5.74, 6) is 0.913. The number of ether oxygens (including phenoxy) is 1. The zero-order valence-electron chi connectivity index (χ0n) is 8.50. The standard InChI is InChI=1S/C11H13ClO2/c1-7(2)9-4-8(3)5-10(6-9)14-11(12)13/h4-7H,1-3H3. The number of rotatable bonds is 2. The minimum atomic E-state index is -0.801. The van der Waals surface area contributed by atoms with Crippen LogP contribution in [0.2, 0.25) is 0 Å². The van der Waals surface area contributed by atoms with Gasteiger partial charge in [0.15, 0.2) is 0 Å². The first-order chi connectivity index (χ1) is 6.49. The first-order valence-corrected chi connectivity index (χ1v) is 4.85. The molecule has 1 aromatic carbocycles. The number of aryl methyl sites for hydroxylation is 1. The van der Waals surface area contributed by atoms with E-state index < -0.39 is 5.43 Å². The summed E-state index contributed by atoms with van der Waals surface area (Å²) in [7, 11) is 0. The summed E-state index contributed by atoms with van der Waals surface area (Å²) in [4.78, 5) is 10.5. The van der Waals surface area contributed by atoms with Gasteiger partial charge in [0.05, 0.1) is 0 Å². The molecule has 0 unspecified atom stereocenters. The van der Waals surface area contributed by atoms with Gasteiger partial charge >= 0.3 is 5.43 Å². The summed E-state index contributed by atoms with van der Waals surface area (Å²) in [6.45, 7) is 6.12. The summed E-state index contributed by atoms with van der Waals surface area (Å²) in [6.07, 6.45) is 0. The van der Waals surface area contributed by atoms with E-state index in [9.17, 15) is 4.79 Å². The molecule has 0 fully saturated rings. The number of benzene rings is 1. The first-order valence-electron chi connectivity index (χ1n) is 4.48. The smallest absolute Gasteiger partial charge is 0.409 e. The second-order valence-electron chi connectivity index (χ2n) is 3.57. The normalized spacial score (nSPS) is 10.4. The van der Waals surface area contributed by atoms with Crippen LogP contribution in [0, 0.1) is 6.92 Å². The van der Waals surface area contributed by atoms with E-state index in [1.807, 2.05) is 13.0 Å². The molecule has 3 heteroatoms. The molecule has 1 aromatic rings. The minimum absolute atomic E-state index is 0.405. The van der Waals surface area contributed by atoms with E-state index in [2.05, 4.69) is 19.9 Å². The molecule has 76 valence electrons. The maximum absolute atomic E-state index is 10.5. The summed E-state index contributed by atoms with van der Waals surface area (Å²) < 4.78 is 4.81. The highest BCUT2D eigenvalue weighted by Gasteiger charge is 2.05. The van der Waals surface area contributed by atoms with Gasteiger partial charge in [-0.1, -0.05) is 19.9 Å². The topological polar surface area (TPSA) is 26.3 Å². The minimum Gasteiger partial charge on any atom is -0.414 e. The number of hydrogen-bond acceptors (Lipinski definition) is 2. The lowest BCUT2D eigenvalue weighted by molar-refractivity contribution is 0.225. The van der Waals surface area contributed by atoms with Gasteiger partial charge in [0.2, 0.25) is 0 Å². The fourth-order valence-corrected chi connectivity index (χ4v) is 1.35. The predicted octanol–water partition coefficient (Wildman–Crippen LogP) is 3.86. The van der Waals surface area contributed by atoms with Gasteiger partial charge < -0.3 is 4.74 Å². The monoisotopic (exact) mass is 212 g/mol. The van der Waals surface area contributed by atoms with Crippen molar-refractivity contribution in [3.05, 3.63) is 29.3 Å². The highest BCUT2D eigenvalue weighted by molar-refractivity contribution is 6.61. The Morgan fingerprint density at radius 2 is 2.00 bits per heavy atom. The van der Waals surface area contributed by atoms with E-state index in [0.717, 1.165) is 11.1 Å². The largest absolute Gasteiger partial charge is 0.414 e. The van der Waals surface area contributed by atoms with Crippen molar-refractivity contribution in [2.45, 2.75) is 26.7 Å². The highest BCUT2D eigenvalue weighted by atomic mass is 35.5. The van der Waals surface area contributed by atoms with Crippen LogP contribution in [-0.4, -0.2) is 5.43 Å². The van der Waals surface area contributed by atoms with Crippen LogP contribution in [0.5, 0.6) is 5.75 Å². The quantitative estimate of drug-likeness (QED) is 0.696. The van der Waals surface area contributed by atoms with E-state index in [1.54, 1.807) is 6.07 Å². The molecule has 14 heavy (non-hydrogen) atoms. The average molecular weight is 213 g/mol. The lowest BCUT2D eigenvalue weighted by Crippen LogP contribution is -1.98. The molecule has 0 saturated carbocycles.